The van der Waals surface area contributed by atoms with Crippen LogP contribution in [0.5, 0.6) is 0 Å². The molecule has 1 N–H and O–H groups in total. The molecule has 2 aromatic carbocycles. The molecule has 3 aromatic rings. The smallest absolute Gasteiger partial charge is 0.339 e. The number of amides is 2. The number of esters is 1. The molecule has 0 atom stereocenters. The maximum absolute atomic E-state index is 13.3. The Morgan fingerprint density at radius 2 is 1.79 bits per heavy atom. The zero-order chi connectivity index (χ0) is 23.6. The molecule has 0 spiro atoms. The van der Waals surface area contributed by atoms with E-state index in [1.54, 1.807) is 47.4 Å². The van der Waals surface area contributed by atoms with Crippen molar-refractivity contribution in [1.29, 1.82) is 0 Å². The second-order valence-corrected chi connectivity index (χ2v) is 9.80. The van der Waals surface area contributed by atoms with Crippen LogP contribution in [-0.2, 0) is 21.8 Å². The summed E-state index contributed by atoms with van der Waals surface area (Å²) in [6.45, 7) is 1.13. The predicted octanol–water partition coefficient (Wildman–Crippen LogP) is 2.89. The molecular weight excluding hydrogens is 444 g/mol. The quantitative estimate of drug-likeness (QED) is 0.591. The van der Waals surface area contributed by atoms with Crippen LogP contribution in [0.25, 0.3) is 10.9 Å². The van der Waals surface area contributed by atoms with Crippen molar-refractivity contribution in [2.75, 3.05) is 38.6 Å². The fourth-order valence-electron chi connectivity index (χ4n) is 3.98. The Bertz CT molecular complexity index is 1300. The number of aromatic nitrogens is 1. The fourth-order valence-corrected chi connectivity index (χ4v) is 5.49. The molecule has 1 aliphatic rings. The van der Waals surface area contributed by atoms with E-state index in [2.05, 4.69) is 5.32 Å². The average Bonchev–Trinajstić information content (AvgIpc) is 3.02. The van der Waals surface area contributed by atoms with Crippen LogP contribution < -0.4 is 5.32 Å². The number of ether oxygens (including phenoxy) is 1. The summed E-state index contributed by atoms with van der Waals surface area (Å²) in [6, 6.07) is 13.2. The molecule has 9 nitrogen and oxygen atoms in total. The summed E-state index contributed by atoms with van der Waals surface area (Å²) in [5.74, 6) is -0.547. The Kier molecular flexibility index (Phi) is 6.39. The van der Waals surface area contributed by atoms with Crippen molar-refractivity contribution in [3.05, 3.63) is 60.3 Å². The number of carbonyl (C=O) groups excluding carboxylic acids is 2. The van der Waals surface area contributed by atoms with E-state index in [4.69, 9.17) is 4.74 Å². The van der Waals surface area contributed by atoms with Gasteiger partial charge in [-0.05, 0) is 42.8 Å². The zero-order valence-electron chi connectivity index (χ0n) is 18.5. The molecule has 1 fully saturated rings. The first kappa shape index (κ1) is 22.8. The van der Waals surface area contributed by atoms with Gasteiger partial charge in [0.1, 0.15) is 0 Å². The second-order valence-electron chi connectivity index (χ2n) is 7.86. The fraction of sp³-hybridized carbons (Fsp3) is 0.304. The third-order valence-electron chi connectivity index (χ3n) is 5.81. The van der Waals surface area contributed by atoms with Crippen molar-refractivity contribution in [3.8, 4) is 0 Å². The molecule has 2 amide bonds. The molecule has 1 saturated heterocycles. The largest absolute Gasteiger partial charge is 0.465 e. The van der Waals surface area contributed by atoms with Crippen molar-refractivity contribution in [2.24, 2.45) is 7.05 Å². The zero-order valence-corrected chi connectivity index (χ0v) is 19.3. The number of nitrogens with one attached hydrogen (secondary N) is 1. The number of urea groups is 1. The van der Waals surface area contributed by atoms with E-state index < -0.39 is 22.0 Å². The number of aryl methyl sites for hydroxylation is 1. The van der Waals surface area contributed by atoms with Crippen molar-refractivity contribution in [1.82, 2.24) is 13.8 Å². The summed E-state index contributed by atoms with van der Waals surface area (Å²) in [4.78, 5) is 26.6. The molecule has 1 aromatic heterocycles. The Balaban J connectivity index is 1.47. The van der Waals surface area contributed by atoms with Crippen molar-refractivity contribution < 1.29 is 22.7 Å². The van der Waals surface area contributed by atoms with Crippen LogP contribution in [-0.4, -0.2) is 67.5 Å². The normalized spacial score (nSPS) is 15.3. The highest BCUT2D eigenvalue weighted by atomic mass is 32.2. The van der Waals surface area contributed by atoms with E-state index in [9.17, 15) is 18.0 Å². The van der Waals surface area contributed by atoms with Crippen LogP contribution in [0, 0.1) is 0 Å². The summed E-state index contributed by atoms with van der Waals surface area (Å²) < 4.78 is 34.6. The lowest BCUT2D eigenvalue weighted by molar-refractivity contribution is 0.0602. The summed E-state index contributed by atoms with van der Waals surface area (Å²) in [7, 11) is -0.503. The molecule has 0 bridgehead atoms. The maximum Gasteiger partial charge on any atom is 0.339 e. The molecule has 0 unspecified atom stereocenters. The summed E-state index contributed by atoms with van der Waals surface area (Å²) in [6.07, 6.45) is 2.39. The van der Waals surface area contributed by atoms with Gasteiger partial charge in [0.15, 0.2) is 0 Å². The van der Waals surface area contributed by atoms with E-state index in [1.165, 1.54) is 11.4 Å². The molecule has 10 heteroatoms. The summed E-state index contributed by atoms with van der Waals surface area (Å²) in [5, 5.41) is 3.61. The van der Waals surface area contributed by atoms with Crippen LogP contribution in [0.3, 0.4) is 0 Å². The summed E-state index contributed by atoms with van der Waals surface area (Å²) in [5.41, 5.74) is 1.56. The van der Waals surface area contributed by atoms with Gasteiger partial charge in [-0.1, -0.05) is 12.1 Å². The predicted molar refractivity (Wildman–Crippen MR) is 125 cm³/mol. The van der Waals surface area contributed by atoms with Gasteiger partial charge in [0.25, 0.3) is 0 Å². The highest BCUT2D eigenvalue weighted by Gasteiger charge is 2.29. The minimum absolute atomic E-state index is 0.182. The lowest BCUT2D eigenvalue weighted by Crippen LogP contribution is -2.39. The monoisotopic (exact) mass is 470 g/mol. The van der Waals surface area contributed by atoms with Crippen LogP contribution in [0.4, 0.5) is 10.5 Å². The van der Waals surface area contributed by atoms with Crippen LogP contribution in [0.15, 0.2) is 59.6 Å². The Labute approximate surface area is 192 Å². The lowest BCUT2D eigenvalue weighted by Gasteiger charge is -2.22. The van der Waals surface area contributed by atoms with E-state index >= 15 is 0 Å². The van der Waals surface area contributed by atoms with Gasteiger partial charge in [-0.25, -0.2) is 18.0 Å². The first-order valence-corrected chi connectivity index (χ1v) is 12.0. The molecule has 4 rings (SSSR count). The molecule has 2 heterocycles. The molecule has 0 aliphatic carbocycles. The van der Waals surface area contributed by atoms with E-state index in [1.807, 2.05) is 23.9 Å². The number of methoxy groups -OCH3 is 1. The SMILES string of the molecule is COC(=O)c1ccccc1NC(=O)N1CCCN(S(=O)(=O)c2ccc3c(ccn3C)c2)CC1. The molecule has 174 valence electrons. The van der Waals surface area contributed by atoms with Gasteiger partial charge in [0, 0.05) is 50.3 Å². The van der Waals surface area contributed by atoms with Gasteiger partial charge in [-0.2, -0.15) is 4.31 Å². The highest BCUT2D eigenvalue weighted by molar-refractivity contribution is 7.89. The number of sulfonamides is 1. The van der Waals surface area contributed by atoms with Gasteiger partial charge in [0.05, 0.1) is 23.3 Å². The van der Waals surface area contributed by atoms with Crippen molar-refractivity contribution in [3.63, 3.8) is 0 Å². The van der Waals surface area contributed by atoms with Gasteiger partial charge in [-0.15, -0.1) is 0 Å². The first-order chi connectivity index (χ1) is 15.8. The van der Waals surface area contributed by atoms with Crippen LogP contribution in [0.1, 0.15) is 16.8 Å². The number of para-hydroxylation sites is 1. The number of hydrogen-bond acceptors (Lipinski definition) is 5. The number of carbonyl (C=O) groups is 2. The molecular formula is C23H26N4O5S. The highest BCUT2D eigenvalue weighted by Crippen LogP contribution is 2.24. The Hall–Kier alpha value is -3.37. The molecule has 1 aliphatic heterocycles. The third kappa shape index (κ3) is 4.57. The molecule has 33 heavy (non-hydrogen) atoms. The van der Waals surface area contributed by atoms with E-state index in [0.29, 0.717) is 25.2 Å². The van der Waals surface area contributed by atoms with Crippen LogP contribution >= 0.6 is 0 Å². The number of anilines is 1. The maximum atomic E-state index is 13.3. The minimum Gasteiger partial charge on any atom is -0.465 e. The number of benzene rings is 2. The van der Waals surface area contributed by atoms with Crippen molar-refractivity contribution in [2.45, 2.75) is 11.3 Å². The molecule has 0 saturated carbocycles. The first-order valence-electron chi connectivity index (χ1n) is 10.6. The summed E-state index contributed by atoms with van der Waals surface area (Å²) >= 11 is 0. The van der Waals surface area contributed by atoms with E-state index in [-0.39, 0.29) is 23.5 Å². The average molecular weight is 471 g/mol. The van der Waals surface area contributed by atoms with Gasteiger partial charge >= 0.3 is 12.0 Å². The topological polar surface area (TPSA) is 101 Å². The second kappa shape index (κ2) is 9.24. The minimum atomic E-state index is -3.69. The third-order valence-corrected chi connectivity index (χ3v) is 7.71. The number of hydrogen-bond donors (Lipinski definition) is 1. The Morgan fingerprint density at radius 1 is 1.00 bits per heavy atom. The van der Waals surface area contributed by atoms with Crippen molar-refractivity contribution >= 4 is 38.6 Å². The Morgan fingerprint density at radius 3 is 2.58 bits per heavy atom. The van der Waals surface area contributed by atoms with Gasteiger partial charge in [0.2, 0.25) is 10.0 Å². The van der Waals surface area contributed by atoms with Crippen LogP contribution in [0.2, 0.25) is 0 Å². The lowest BCUT2D eigenvalue weighted by atomic mass is 10.2. The van der Waals surface area contributed by atoms with Gasteiger partial charge < -0.3 is 19.5 Å². The van der Waals surface area contributed by atoms with Gasteiger partial charge in [-0.3, -0.25) is 0 Å². The standard InChI is InChI=1S/C23H26N4O5S/c1-25-13-10-17-16-18(8-9-21(17)25)33(30,31)27-12-5-11-26(14-15-27)23(29)24-20-7-4-3-6-19(20)22(28)32-2/h3-4,6-10,13,16H,5,11-12,14-15H2,1-2H3,(H,24,29). The van der Waals surface area contributed by atoms with E-state index in [0.717, 1.165) is 10.9 Å². The number of rotatable bonds is 4. The number of fused-ring (bicyclic) bond motifs is 1. The number of nitrogens with zero attached hydrogens (tertiary/aromatic N) is 3. The molecule has 0 radical (unpaired) electrons.